The van der Waals surface area contributed by atoms with Crippen LogP contribution in [0.1, 0.15) is 52.9 Å². The number of nitrogens with one attached hydrogen (secondary N) is 1. The van der Waals surface area contributed by atoms with Gasteiger partial charge in [0, 0.05) is 31.7 Å². The Morgan fingerprint density at radius 1 is 0.952 bits per heavy atom. The Hall–Kier alpha value is -0.160. The van der Waals surface area contributed by atoms with Gasteiger partial charge in [0.25, 0.3) is 0 Å². The van der Waals surface area contributed by atoms with Crippen LogP contribution in [0.5, 0.6) is 0 Å². The summed E-state index contributed by atoms with van der Waals surface area (Å²) in [4.78, 5) is 5.18. The van der Waals surface area contributed by atoms with E-state index >= 15 is 0 Å². The van der Waals surface area contributed by atoms with E-state index in [0.717, 1.165) is 19.4 Å². The van der Waals surface area contributed by atoms with Gasteiger partial charge >= 0.3 is 0 Å². The van der Waals surface area contributed by atoms with Crippen molar-refractivity contribution < 1.29 is 5.11 Å². The Kier molecular flexibility index (Phi) is 9.49. The molecule has 1 atom stereocenters. The van der Waals surface area contributed by atoms with Crippen LogP contribution in [0.25, 0.3) is 0 Å². The topological polar surface area (TPSA) is 38.7 Å². The van der Waals surface area contributed by atoms with Crippen molar-refractivity contribution in [3.05, 3.63) is 0 Å². The summed E-state index contributed by atoms with van der Waals surface area (Å²) in [5.41, 5.74) is -0.0875. The average Bonchev–Trinajstić information content (AvgIpc) is 2.51. The predicted molar refractivity (Wildman–Crippen MR) is 90.8 cm³/mol. The third-order valence-electron chi connectivity index (χ3n) is 4.61. The van der Waals surface area contributed by atoms with Gasteiger partial charge in [-0.15, -0.1) is 0 Å². The first kappa shape index (κ1) is 18.9. The summed E-state index contributed by atoms with van der Waals surface area (Å²) in [6.45, 7) is 15.2. The fourth-order valence-electron chi connectivity index (χ4n) is 3.05. The summed E-state index contributed by atoms with van der Waals surface area (Å²) in [6, 6.07) is 0. The van der Waals surface area contributed by atoms with E-state index in [2.05, 4.69) is 35.9 Å². The smallest absolute Gasteiger partial charge is 0.0610 e. The van der Waals surface area contributed by atoms with Crippen molar-refractivity contribution in [3.63, 3.8) is 0 Å². The van der Waals surface area contributed by atoms with E-state index in [9.17, 15) is 5.11 Å². The highest BCUT2D eigenvalue weighted by Crippen LogP contribution is 2.14. The molecule has 0 aliphatic carbocycles. The molecule has 4 nitrogen and oxygen atoms in total. The van der Waals surface area contributed by atoms with Crippen LogP contribution < -0.4 is 5.32 Å². The van der Waals surface area contributed by atoms with E-state index in [1.165, 1.54) is 58.5 Å². The third-order valence-corrected chi connectivity index (χ3v) is 4.61. The summed E-state index contributed by atoms with van der Waals surface area (Å²) < 4.78 is 0. The molecule has 4 heteroatoms. The van der Waals surface area contributed by atoms with Gasteiger partial charge in [-0.3, -0.25) is 0 Å². The molecular formula is C17H37N3O. The van der Waals surface area contributed by atoms with E-state index in [1.807, 2.05) is 0 Å². The van der Waals surface area contributed by atoms with Gasteiger partial charge in [0.15, 0.2) is 0 Å². The van der Waals surface area contributed by atoms with Gasteiger partial charge in [-0.2, -0.15) is 0 Å². The SMILES string of the molecule is CCCNC(C)(CO)CCCCN1CCN(CCC)CC1. The number of piperazine rings is 1. The third kappa shape index (κ3) is 7.59. The average molecular weight is 300 g/mol. The molecule has 2 N–H and O–H groups in total. The van der Waals surface area contributed by atoms with Crippen LogP contribution in [0.4, 0.5) is 0 Å². The van der Waals surface area contributed by atoms with Crippen molar-refractivity contribution in [2.45, 2.75) is 58.4 Å². The summed E-state index contributed by atoms with van der Waals surface area (Å²) in [6.07, 6.45) is 5.90. The van der Waals surface area contributed by atoms with Crippen molar-refractivity contribution in [2.75, 3.05) is 52.4 Å². The van der Waals surface area contributed by atoms with Gasteiger partial charge in [0.05, 0.1) is 6.61 Å². The summed E-state index contributed by atoms with van der Waals surface area (Å²) in [5, 5.41) is 13.0. The van der Waals surface area contributed by atoms with Crippen molar-refractivity contribution >= 4 is 0 Å². The van der Waals surface area contributed by atoms with E-state index in [1.54, 1.807) is 0 Å². The fourth-order valence-corrected chi connectivity index (χ4v) is 3.05. The molecule has 1 fully saturated rings. The largest absolute Gasteiger partial charge is 0.394 e. The molecule has 126 valence electrons. The fraction of sp³-hybridized carbons (Fsp3) is 1.00. The van der Waals surface area contributed by atoms with E-state index in [-0.39, 0.29) is 12.1 Å². The molecule has 0 aromatic heterocycles. The molecule has 0 aromatic carbocycles. The summed E-state index contributed by atoms with van der Waals surface area (Å²) >= 11 is 0. The zero-order chi connectivity index (χ0) is 15.6. The number of rotatable bonds is 11. The van der Waals surface area contributed by atoms with Gasteiger partial charge in [-0.1, -0.05) is 20.3 Å². The number of unbranched alkanes of at least 4 members (excludes halogenated alkanes) is 1. The van der Waals surface area contributed by atoms with Gasteiger partial charge in [-0.25, -0.2) is 0 Å². The zero-order valence-electron chi connectivity index (χ0n) is 14.5. The minimum atomic E-state index is -0.0875. The van der Waals surface area contributed by atoms with Crippen molar-refractivity contribution in [3.8, 4) is 0 Å². The van der Waals surface area contributed by atoms with Crippen molar-refractivity contribution in [2.24, 2.45) is 0 Å². The zero-order valence-corrected chi connectivity index (χ0v) is 14.5. The van der Waals surface area contributed by atoms with E-state index in [4.69, 9.17) is 0 Å². The van der Waals surface area contributed by atoms with Crippen LogP contribution in [0.3, 0.4) is 0 Å². The number of hydrogen-bond donors (Lipinski definition) is 2. The minimum Gasteiger partial charge on any atom is -0.394 e. The highest BCUT2D eigenvalue weighted by molar-refractivity contribution is 4.82. The molecule has 0 radical (unpaired) electrons. The second-order valence-corrected chi connectivity index (χ2v) is 6.79. The van der Waals surface area contributed by atoms with Crippen molar-refractivity contribution in [1.29, 1.82) is 0 Å². The lowest BCUT2D eigenvalue weighted by atomic mass is 9.95. The molecular weight excluding hydrogens is 262 g/mol. The Morgan fingerprint density at radius 2 is 1.57 bits per heavy atom. The van der Waals surface area contributed by atoms with Crippen LogP contribution in [0, 0.1) is 0 Å². The second-order valence-electron chi connectivity index (χ2n) is 6.79. The van der Waals surface area contributed by atoms with E-state index in [0.29, 0.717) is 0 Å². The molecule has 1 unspecified atom stereocenters. The summed E-state index contributed by atoms with van der Waals surface area (Å²) in [5.74, 6) is 0. The maximum atomic E-state index is 9.56. The Morgan fingerprint density at radius 3 is 2.10 bits per heavy atom. The maximum absolute atomic E-state index is 9.56. The normalized spacial score (nSPS) is 20.6. The molecule has 1 aliphatic heterocycles. The number of hydrogen-bond acceptors (Lipinski definition) is 4. The lowest BCUT2D eigenvalue weighted by Crippen LogP contribution is -2.47. The molecule has 1 aliphatic rings. The first-order valence-corrected chi connectivity index (χ1v) is 8.94. The molecule has 1 heterocycles. The molecule has 0 saturated carbocycles. The quantitative estimate of drug-likeness (QED) is 0.572. The first-order valence-electron chi connectivity index (χ1n) is 8.94. The van der Waals surface area contributed by atoms with Crippen LogP contribution in [-0.4, -0.2) is 72.9 Å². The first-order chi connectivity index (χ1) is 10.1. The van der Waals surface area contributed by atoms with Gasteiger partial charge < -0.3 is 20.2 Å². The van der Waals surface area contributed by atoms with E-state index < -0.39 is 0 Å². The van der Waals surface area contributed by atoms with Crippen LogP contribution in [-0.2, 0) is 0 Å². The second kappa shape index (κ2) is 10.5. The molecule has 0 spiro atoms. The molecule has 0 amide bonds. The monoisotopic (exact) mass is 299 g/mol. The van der Waals surface area contributed by atoms with Gasteiger partial charge in [0.1, 0.15) is 0 Å². The van der Waals surface area contributed by atoms with Crippen LogP contribution in [0.2, 0.25) is 0 Å². The lowest BCUT2D eigenvalue weighted by Gasteiger charge is -2.35. The minimum absolute atomic E-state index is 0.0875. The van der Waals surface area contributed by atoms with Crippen molar-refractivity contribution in [1.82, 2.24) is 15.1 Å². The molecule has 0 aromatic rings. The van der Waals surface area contributed by atoms with Gasteiger partial charge in [0.2, 0.25) is 0 Å². The number of nitrogens with zero attached hydrogens (tertiary/aromatic N) is 2. The highest BCUT2D eigenvalue weighted by atomic mass is 16.3. The lowest BCUT2D eigenvalue weighted by molar-refractivity contribution is 0.127. The predicted octanol–water partition coefficient (Wildman–Crippen LogP) is 1.93. The highest BCUT2D eigenvalue weighted by Gasteiger charge is 2.22. The summed E-state index contributed by atoms with van der Waals surface area (Å²) in [7, 11) is 0. The standard InChI is InChI=1S/C17H37N3O/c1-4-9-18-17(3,16-21)8-6-7-11-20-14-12-19(10-5-2)13-15-20/h18,21H,4-16H2,1-3H3. The Bertz CT molecular complexity index is 254. The molecule has 21 heavy (non-hydrogen) atoms. The van der Waals surface area contributed by atoms with Crippen LogP contribution >= 0.6 is 0 Å². The Balaban J connectivity index is 2.11. The number of aliphatic hydroxyl groups is 1. The van der Waals surface area contributed by atoms with Crippen LogP contribution in [0.15, 0.2) is 0 Å². The molecule has 1 saturated heterocycles. The molecule has 0 bridgehead atoms. The number of aliphatic hydroxyl groups excluding tert-OH is 1. The van der Waals surface area contributed by atoms with Gasteiger partial charge in [-0.05, 0) is 52.2 Å². The molecule has 1 rings (SSSR count). The maximum Gasteiger partial charge on any atom is 0.0610 e. The Labute approximate surface area is 131 Å².